The standard InChI is InChI=1S/C23H35N3O5.C2H6/c1-5-7-8-10-21(14-26(30)16-27)23(29)25-15-24-22(28)20-12-9-11-19(13-20)18(4)31-17(3)6-2;1-2/h6,9,11-13,16,18,21,30H,5,7-8,10,14-15H2,1-4H3,(H,24,28)(H,25,29);1-2H3/b17-6-;. The number of benzene rings is 1. The third-order valence-corrected chi connectivity index (χ3v) is 4.96. The van der Waals surface area contributed by atoms with E-state index in [9.17, 15) is 19.6 Å². The number of amides is 3. The van der Waals surface area contributed by atoms with Crippen LogP contribution in [0.15, 0.2) is 36.1 Å². The van der Waals surface area contributed by atoms with E-state index in [0.717, 1.165) is 30.6 Å². The number of nitrogens with one attached hydrogen (secondary N) is 2. The lowest BCUT2D eigenvalue weighted by molar-refractivity contribution is -0.154. The fourth-order valence-corrected chi connectivity index (χ4v) is 3.02. The maximum Gasteiger partial charge on any atom is 0.252 e. The summed E-state index contributed by atoms with van der Waals surface area (Å²) in [6, 6.07) is 7.12. The van der Waals surface area contributed by atoms with Crippen molar-refractivity contribution >= 4 is 18.2 Å². The van der Waals surface area contributed by atoms with E-state index in [-0.39, 0.29) is 37.5 Å². The minimum absolute atomic E-state index is 0.0532. The molecule has 0 bridgehead atoms. The van der Waals surface area contributed by atoms with E-state index >= 15 is 0 Å². The Morgan fingerprint density at radius 1 is 1.21 bits per heavy atom. The molecule has 0 saturated carbocycles. The number of allylic oxidation sites excluding steroid dienone is 2. The first-order valence-corrected chi connectivity index (χ1v) is 11.7. The van der Waals surface area contributed by atoms with Crippen molar-refractivity contribution in [2.24, 2.45) is 5.92 Å². The molecule has 0 spiro atoms. The van der Waals surface area contributed by atoms with E-state index < -0.39 is 5.92 Å². The zero-order chi connectivity index (χ0) is 25.2. The Bertz CT molecular complexity index is 751. The number of ether oxygens (including phenoxy) is 1. The lowest BCUT2D eigenvalue weighted by Crippen LogP contribution is -2.43. The van der Waals surface area contributed by atoms with Crippen molar-refractivity contribution < 1.29 is 24.3 Å². The molecule has 0 fully saturated rings. The molecule has 0 aliphatic rings. The third kappa shape index (κ3) is 12.1. The molecule has 0 aliphatic carbocycles. The number of unbranched alkanes of at least 4 members (excludes halogenated alkanes) is 2. The number of hydrogen-bond donors (Lipinski definition) is 3. The number of nitrogens with zero attached hydrogens (tertiary/aromatic N) is 1. The molecule has 0 heterocycles. The van der Waals surface area contributed by atoms with Gasteiger partial charge in [0, 0.05) is 5.56 Å². The van der Waals surface area contributed by atoms with Crippen LogP contribution in [0.1, 0.15) is 89.3 Å². The topological polar surface area (TPSA) is 108 Å². The van der Waals surface area contributed by atoms with Gasteiger partial charge in [0.15, 0.2) is 0 Å². The van der Waals surface area contributed by atoms with Gasteiger partial charge in [-0.15, -0.1) is 0 Å². The molecule has 1 rings (SSSR count). The fourth-order valence-electron chi connectivity index (χ4n) is 3.02. The first-order valence-electron chi connectivity index (χ1n) is 11.7. The normalized spacial score (nSPS) is 12.5. The Balaban J connectivity index is 0.00000497. The first-order chi connectivity index (χ1) is 15.8. The van der Waals surface area contributed by atoms with Gasteiger partial charge in [0.1, 0.15) is 6.10 Å². The lowest BCUT2D eigenvalue weighted by Gasteiger charge is -2.20. The summed E-state index contributed by atoms with van der Waals surface area (Å²) >= 11 is 0. The van der Waals surface area contributed by atoms with Crippen molar-refractivity contribution in [2.45, 2.75) is 73.3 Å². The Morgan fingerprint density at radius 3 is 2.52 bits per heavy atom. The van der Waals surface area contributed by atoms with Crippen LogP contribution < -0.4 is 10.6 Å². The van der Waals surface area contributed by atoms with Gasteiger partial charge in [0.2, 0.25) is 12.3 Å². The quantitative estimate of drug-likeness (QED) is 0.0936. The van der Waals surface area contributed by atoms with Crippen LogP contribution in [0, 0.1) is 5.92 Å². The predicted molar refractivity (Wildman–Crippen MR) is 129 cm³/mol. The van der Waals surface area contributed by atoms with Crippen molar-refractivity contribution in [3.05, 3.63) is 47.2 Å². The maximum atomic E-state index is 12.5. The molecule has 1 aromatic rings. The summed E-state index contributed by atoms with van der Waals surface area (Å²) in [6.07, 6.45) is 5.26. The van der Waals surface area contributed by atoms with Crippen LogP contribution >= 0.6 is 0 Å². The van der Waals surface area contributed by atoms with Crippen LogP contribution in [-0.2, 0) is 14.3 Å². The molecule has 3 amide bonds. The van der Waals surface area contributed by atoms with E-state index in [2.05, 4.69) is 17.6 Å². The SMILES string of the molecule is C/C=C(/C)OC(C)c1cccc(C(=O)NCNC(=O)C(CCCCC)CN(O)C=O)c1.CC. The van der Waals surface area contributed by atoms with Gasteiger partial charge < -0.3 is 15.4 Å². The summed E-state index contributed by atoms with van der Waals surface area (Å²) in [5, 5.41) is 15.2. The molecule has 3 N–H and O–H groups in total. The third-order valence-electron chi connectivity index (χ3n) is 4.96. The summed E-state index contributed by atoms with van der Waals surface area (Å²) in [5.41, 5.74) is 1.33. The Kier molecular flexibility index (Phi) is 16.1. The van der Waals surface area contributed by atoms with Gasteiger partial charge in [0.05, 0.1) is 24.9 Å². The first kappa shape index (κ1) is 30.1. The van der Waals surface area contributed by atoms with Gasteiger partial charge in [-0.3, -0.25) is 19.6 Å². The van der Waals surface area contributed by atoms with E-state index in [1.807, 2.05) is 46.8 Å². The number of hydrogen-bond acceptors (Lipinski definition) is 5. The van der Waals surface area contributed by atoms with Gasteiger partial charge in [-0.1, -0.05) is 52.2 Å². The van der Waals surface area contributed by atoms with E-state index in [4.69, 9.17) is 4.74 Å². The molecule has 1 aromatic carbocycles. The van der Waals surface area contributed by atoms with Crippen molar-refractivity contribution in [3.8, 4) is 0 Å². The smallest absolute Gasteiger partial charge is 0.252 e. The van der Waals surface area contributed by atoms with Gasteiger partial charge in [-0.25, -0.2) is 5.06 Å². The zero-order valence-corrected chi connectivity index (χ0v) is 20.9. The zero-order valence-electron chi connectivity index (χ0n) is 20.9. The molecule has 33 heavy (non-hydrogen) atoms. The molecule has 0 aliphatic heterocycles. The molecule has 0 saturated heterocycles. The molecule has 2 atom stereocenters. The highest BCUT2D eigenvalue weighted by molar-refractivity contribution is 5.94. The second-order valence-corrected chi connectivity index (χ2v) is 7.43. The van der Waals surface area contributed by atoms with Crippen LogP contribution in [0.3, 0.4) is 0 Å². The largest absolute Gasteiger partial charge is 0.491 e. The second kappa shape index (κ2) is 17.7. The van der Waals surface area contributed by atoms with Crippen molar-refractivity contribution in [2.75, 3.05) is 13.2 Å². The Hall–Kier alpha value is -2.87. The van der Waals surface area contributed by atoms with E-state index in [0.29, 0.717) is 17.0 Å². The average molecular weight is 464 g/mol. The monoisotopic (exact) mass is 463 g/mol. The van der Waals surface area contributed by atoms with Crippen molar-refractivity contribution in [1.29, 1.82) is 0 Å². The Labute approximate surface area is 198 Å². The second-order valence-electron chi connectivity index (χ2n) is 7.43. The highest BCUT2D eigenvalue weighted by atomic mass is 16.5. The summed E-state index contributed by atoms with van der Waals surface area (Å²) < 4.78 is 5.76. The number of hydroxylamine groups is 2. The van der Waals surface area contributed by atoms with Crippen LogP contribution in [0.2, 0.25) is 0 Å². The predicted octanol–water partition coefficient (Wildman–Crippen LogP) is 4.56. The minimum Gasteiger partial charge on any atom is -0.491 e. The van der Waals surface area contributed by atoms with Gasteiger partial charge in [0.25, 0.3) is 5.91 Å². The molecular formula is C25H41N3O5. The minimum atomic E-state index is -0.546. The van der Waals surface area contributed by atoms with Gasteiger partial charge in [-0.2, -0.15) is 0 Å². The summed E-state index contributed by atoms with van der Waals surface area (Å²) in [7, 11) is 0. The lowest BCUT2D eigenvalue weighted by atomic mass is 10.0. The van der Waals surface area contributed by atoms with E-state index in [1.54, 1.807) is 18.2 Å². The van der Waals surface area contributed by atoms with Gasteiger partial charge >= 0.3 is 0 Å². The van der Waals surface area contributed by atoms with Gasteiger partial charge in [-0.05, 0) is 51.0 Å². The van der Waals surface area contributed by atoms with E-state index in [1.165, 1.54) is 0 Å². The molecule has 2 unspecified atom stereocenters. The highest BCUT2D eigenvalue weighted by Gasteiger charge is 2.20. The van der Waals surface area contributed by atoms with Crippen LogP contribution in [0.25, 0.3) is 0 Å². The summed E-state index contributed by atoms with van der Waals surface area (Å²) in [6.45, 7) is 11.6. The molecule has 186 valence electrons. The van der Waals surface area contributed by atoms with Crippen molar-refractivity contribution in [1.82, 2.24) is 15.7 Å². The molecule has 0 radical (unpaired) electrons. The highest BCUT2D eigenvalue weighted by Crippen LogP contribution is 2.21. The molecule has 0 aromatic heterocycles. The summed E-state index contributed by atoms with van der Waals surface area (Å²) in [5.74, 6) is -0.393. The number of carbonyl (C=O) groups excluding carboxylic acids is 3. The van der Waals surface area contributed by atoms with Crippen LogP contribution in [0.5, 0.6) is 0 Å². The van der Waals surface area contributed by atoms with Crippen LogP contribution in [-0.4, -0.2) is 41.7 Å². The summed E-state index contributed by atoms with van der Waals surface area (Å²) in [4.78, 5) is 35.6. The molecule has 8 heteroatoms. The fraction of sp³-hybridized carbons (Fsp3) is 0.560. The maximum absolute atomic E-state index is 12.5. The number of carbonyl (C=O) groups is 3. The van der Waals surface area contributed by atoms with Crippen LogP contribution in [0.4, 0.5) is 0 Å². The Morgan fingerprint density at radius 2 is 1.91 bits per heavy atom. The molecular weight excluding hydrogens is 422 g/mol. The number of rotatable bonds is 14. The average Bonchev–Trinajstić information content (AvgIpc) is 2.84. The van der Waals surface area contributed by atoms with Crippen molar-refractivity contribution in [3.63, 3.8) is 0 Å². The molecule has 8 nitrogen and oxygen atoms in total.